The van der Waals surface area contributed by atoms with Gasteiger partial charge in [0, 0.05) is 23.7 Å². The number of piperidine rings is 1. The van der Waals surface area contributed by atoms with Gasteiger partial charge < -0.3 is 10.2 Å². The van der Waals surface area contributed by atoms with Crippen LogP contribution >= 0.6 is 0 Å². The van der Waals surface area contributed by atoms with Crippen molar-refractivity contribution in [3.63, 3.8) is 0 Å². The Bertz CT molecular complexity index is 789. The first kappa shape index (κ1) is 16.6. The number of likely N-dealkylation sites (tertiary alicyclic amines) is 1. The van der Waals surface area contributed by atoms with Crippen molar-refractivity contribution in [1.82, 2.24) is 9.88 Å². The predicted octanol–water partition coefficient (Wildman–Crippen LogP) is 3.58. The van der Waals surface area contributed by atoms with E-state index in [1.54, 1.807) is 12.3 Å². The Kier molecular flexibility index (Phi) is 4.48. The zero-order valence-electron chi connectivity index (χ0n) is 14.7. The van der Waals surface area contributed by atoms with Crippen LogP contribution < -0.4 is 0 Å². The van der Waals surface area contributed by atoms with E-state index in [1.807, 2.05) is 18.2 Å². The van der Waals surface area contributed by atoms with Gasteiger partial charge in [-0.1, -0.05) is 30.7 Å². The Morgan fingerprint density at radius 1 is 1.16 bits per heavy atom. The lowest BCUT2D eigenvalue weighted by molar-refractivity contribution is -0.0385. The van der Waals surface area contributed by atoms with Crippen LogP contribution in [0.3, 0.4) is 0 Å². The van der Waals surface area contributed by atoms with E-state index in [0.29, 0.717) is 17.5 Å². The molecular weight excluding hydrogens is 312 g/mol. The van der Waals surface area contributed by atoms with Gasteiger partial charge in [0.1, 0.15) is 11.3 Å². The van der Waals surface area contributed by atoms with Crippen LogP contribution in [0.2, 0.25) is 0 Å². The quantitative estimate of drug-likeness (QED) is 0.879. The highest BCUT2D eigenvalue weighted by atomic mass is 16.3. The summed E-state index contributed by atoms with van der Waals surface area (Å²) in [4.78, 5) is 6.66. The second-order valence-corrected chi connectivity index (χ2v) is 7.49. The molecule has 1 aromatic carbocycles. The predicted molar refractivity (Wildman–Crippen MR) is 100 cm³/mol. The third kappa shape index (κ3) is 3.05. The van der Waals surface area contributed by atoms with E-state index < -0.39 is 0 Å². The molecule has 4 rings (SSSR count). The molecule has 4 atom stereocenters. The average Bonchev–Trinajstić information content (AvgIpc) is 2.63. The number of phenols is 1. The molecule has 2 N–H and O–H groups in total. The topological polar surface area (TPSA) is 56.6 Å². The molecule has 1 aliphatic heterocycles. The highest BCUT2D eigenvalue weighted by molar-refractivity contribution is 5.91. The van der Waals surface area contributed by atoms with Crippen LogP contribution in [-0.4, -0.2) is 45.3 Å². The summed E-state index contributed by atoms with van der Waals surface area (Å²) in [6, 6.07) is 8.17. The van der Waals surface area contributed by atoms with E-state index in [0.717, 1.165) is 30.2 Å². The number of pyridine rings is 1. The molecule has 25 heavy (non-hydrogen) atoms. The molecule has 0 amide bonds. The van der Waals surface area contributed by atoms with Gasteiger partial charge in [0.2, 0.25) is 0 Å². The fraction of sp³-hybridized carbons (Fsp3) is 0.476. The van der Waals surface area contributed by atoms with Crippen LogP contribution in [0.15, 0.2) is 36.5 Å². The summed E-state index contributed by atoms with van der Waals surface area (Å²) in [5.74, 6) is 0.854. The van der Waals surface area contributed by atoms with E-state index in [9.17, 15) is 10.2 Å². The van der Waals surface area contributed by atoms with Crippen LogP contribution in [0.5, 0.6) is 5.75 Å². The average molecular weight is 338 g/mol. The minimum absolute atomic E-state index is 0.196. The first-order valence-corrected chi connectivity index (χ1v) is 9.30. The number of fused-ring (bicyclic) bond motifs is 2. The second kappa shape index (κ2) is 6.77. The second-order valence-electron chi connectivity index (χ2n) is 7.49. The number of likely N-dealkylation sites (N-methyl/N-ethyl adjacent to an activating group) is 1. The molecule has 132 valence electrons. The maximum Gasteiger partial charge on any atom is 0.141 e. The van der Waals surface area contributed by atoms with Gasteiger partial charge in [0.15, 0.2) is 0 Å². The number of nitrogens with zero attached hydrogens (tertiary/aromatic N) is 2. The zero-order valence-corrected chi connectivity index (χ0v) is 14.7. The van der Waals surface area contributed by atoms with Crippen molar-refractivity contribution < 1.29 is 10.2 Å². The van der Waals surface area contributed by atoms with Gasteiger partial charge in [-0.05, 0) is 56.3 Å². The Morgan fingerprint density at radius 3 is 2.92 bits per heavy atom. The monoisotopic (exact) mass is 338 g/mol. The molecule has 2 aromatic rings. The van der Waals surface area contributed by atoms with Gasteiger partial charge in [-0.15, -0.1) is 0 Å². The van der Waals surface area contributed by atoms with E-state index >= 15 is 0 Å². The van der Waals surface area contributed by atoms with Gasteiger partial charge >= 0.3 is 0 Å². The van der Waals surface area contributed by atoms with Crippen LogP contribution in [0.1, 0.15) is 37.7 Å². The number of aliphatic hydroxyl groups is 1. The largest absolute Gasteiger partial charge is 0.506 e. The normalized spacial score (nSPS) is 30.6. The fourth-order valence-electron chi connectivity index (χ4n) is 4.75. The van der Waals surface area contributed by atoms with Gasteiger partial charge in [-0.25, -0.2) is 0 Å². The van der Waals surface area contributed by atoms with Gasteiger partial charge in [0.05, 0.1) is 6.10 Å². The maximum atomic E-state index is 10.4. The van der Waals surface area contributed by atoms with Crippen LogP contribution in [0, 0.1) is 5.92 Å². The smallest absolute Gasteiger partial charge is 0.141 e. The molecule has 1 saturated heterocycles. The number of phenolic OH excluding ortho intramolecular Hbond substituents is 1. The minimum atomic E-state index is -0.196. The summed E-state index contributed by atoms with van der Waals surface area (Å²) in [5.41, 5.74) is 1.71. The lowest BCUT2D eigenvalue weighted by atomic mass is 9.75. The summed E-state index contributed by atoms with van der Waals surface area (Å²) in [7, 11) is 2.15. The molecule has 4 unspecified atom stereocenters. The van der Waals surface area contributed by atoms with Gasteiger partial charge in [-0.2, -0.15) is 0 Å². The number of aliphatic hydroxyl groups excluding tert-OH is 1. The number of aromatic hydroxyl groups is 1. The lowest BCUT2D eigenvalue weighted by Crippen LogP contribution is -2.55. The van der Waals surface area contributed by atoms with Crippen molar-refractivity contribution in [1.29, 1.82) is 0 Å². The zero-order chi connectivity index (χ0) is 17.4. The molecule has 1 aromatic heterocycles. The molecule has 4 heteroatoms. The van der Waals surface area contributed by atoms with E-state index in [4.69, 9.17) is 0 Å². The standard InChI is InChI=1S/C21H26N2O2/c1-23-16(11-8-15-4-2-6-19(25)21(15)23)10-7-14-9-12-18(24)20-17(14)5-3-13-22-20/h3,5,7,9-10,12-13,15-16,19,21,24-25H,2,4,6,8,11H2,1H3. The first-order chi connectivity index (χ1) is 12.1. The van der Waals surface area contributed by atoms with Crippen LogP contribution in [-0.2, 0) is 0 Å². The van der Waals surface area contributed by atoms with Crippen LogP contribution in [0.25, 0.3) is 17.0 Å². The third-order valence-electron chi connectivity index (χ3n) is 6.06. The first-order valence-electron chi connectivity index (χ1n) is 9.30. The Hall–Kier alpha value is -1.91. The van der Waals surface area contributed by atoms with E-state index in [-0.39, 0.29) is 17.9 Å². The number of benzene rings is 1. The highest BCUT2D eigenvalue weighted by Gasteiger charge is 2.40. The molecule has 2 aliphatic rings. The fourth-order valence-corrected chi connectivity index (χ4v) is 4.75. The van der Waals surface area contributed by atoms with Crippen LogP contribution in [0.4, 0.5) is 0 Å². The molecule has 2 heterocycles. The third-order valence-corrected chi connectivity index (χ3v) is 6.06. The number of hydrogen-bond donors (Lipinski definition) is 2. The van der Waals surface area contributed by atoms with Crippen molar-refractivity contribution in [3.05, 3.63) is 42.1 Å². The van der Waals surface area contributed by atoms with E-state index in [1.165, 1.54) is 12.8 Å². The molecule has 0 bridgehead atoms. The summed E-state index contributed by atoms with van der Waals surface area (Å²) in [5, 5.41) is 21.4. The molecule has 0 radical (unpaired) electrons. The van der Waals surface area contributed by atoms with Crippen molar-refractivity contribution in [3.8, 4) is 5.75 Å². The molecule has 2 fully saturated rings. The SMILES string of the molecule is CN1C(C=Cc2ccc(O)c3ncccc23)CCC2CCCC(O)C21. The summed E-state index contributed by atoms with van der Waals surface area (Å²) in [6.07, 6.45) is 11.6. The lowest BCUT2D eigenvalue weighted by Gasteiger charge is -2.48. The van der Waals surface area contributed by atoms with Gasteiger partial charge in [-0.3, -0.25) is 9.88 Å². The van der Waals surface area contributed by atoms with Crippen molar-refractivity contribution in [2.24, 2.45) is 5.92 Å². The summed E-state index contributed by atoms with van der Waals surface area (Å²) < 4.78 is 0. The molecule has 0 spiro atoms. The molecule has 1 saturated carbocycles. The number of hydrogen-bond acceptors (Lipinski definition) is 4. The van der Waals surface area contributed by atoms with E-state index in [2.05, 4.69) is 29.1 Å². The molecular formula is C21H26N2O2. The molecule has 1 aliphatic carbocycles. The van der Waals surface area contributed by atoms with Crippen molar-refractivity contribution in [2.75, 3.05) is 7.05 Å². The molecule has 4 nitrogen and oxygen atoms in total. The summed E-state index contributed by atoms with van der Waals surface area (Å²) >= 11 is 0. The minimum Gasteiger partial charge on any atom is -0.506 e. The maximum absolute atomic E-state index is 10.4. The Morgan fingerprint density at radius 2 is 2.04 bits per heavy atom. The number of rotatable bonds is 2. The number of aromatic nitrogens is 1. The Balaban J connectivity index is 1.59. The summed E-state index contributed by atoms with van der Waals surface area (Å²) in [6.45, 7) is 0. The van der Waals surface area contributed by atoms with Crippen molar-refractivity contribution >= 4 is 17.0 Å². The van der Waals surface area contributed by atoms with Gasteiger partial charge in [0.25, 0.3) is 0 Å². The Labute approximate surface area is 148 Å². The van der Waals surface area contributed by atoms with Crippen molar-refractivity contribution in [2.45, 2.75) is 50.3 Å². The highest BCUT2D eigenvalue weighted by Crippen LogP contribution is 2.37.